The quantitative estimate of drug-likeness (QED) is 0.910. The molecule has 0 aliphatic heterocycles. The molecule has 110 valence electrons. The van der Waals surface area contributed by atoms with Gasteiger partial charge in [-0.05, 0) is 18.8 Å². The molecule has 3 rings (SSSR count). The van der Waals surface area contributed by atoms with Crippen LogP contribution in [0.1, 0.15) is 43.1 Å². The maximum atomic E-state index is 12.5. The number of amides is 1. The lowest BCUT2D eigenvalue weighted by Gasteiger charge is -2.29. The minimum atomic E-state index is -0.138. The lowest BCUT2D eigenvalue weighted by molar-refractivity contribution is 0.0906. The van der Waals surface area contributed by atoms with Crippen LogP contribution < -0.4 is 5.32 Å². The molecule has 5 nitrogen and oxygen atoms in total. The van der Waals surface area contributed by atoms with Crippen LogP contribution >= 0.6 is 0 Å². The molecule has 0 spiro atoms. The highest BCUT2D eigenvalue weighted by Crippen LogP contribution is 2.25. The zero-order valence-corrected chi connectivity index (χ0v) is 12.2. The second-order valence-corrected chi connectivity index (χ2v) is 5.73. The number of H-pyrrole nitrogens is 1. The highest BCUT2D eigenvalue weighted by atomic mass is 16.2. The summed E-state index contributed by atoms with van der Waals surface area (Å²) in [5.74, 6) is 0.385. The number of benzene rings is 1. The van der Waals surface area contributed by atoms with Crippen molar-refractivity contribution in [2.45, 2.75) is 38.6 Å². The van der Waals surface area contributed by atoms with E-state index < -0.39 is 0 Å². The Morgan fingerprint density at radius 1 is 1.19 bits per heavy atom. The van der Waals surface area contributed by atoms with Gasteiger partial charge in [0.25, 0.3) is 5.91 Å². The molecule has 0 radical (unpaired) electrons. The lowest BCUT2D eigenvalue weighted by Crippen LogP contribution is -2.41. The molecule has 1 amide bonds. The summed E-state index contributed by atoms with van der Waals surface area (Å²) in [7, 11) is 0. The fourth-order valence-corrected chi connectivity index (χ4v) is 2.95. The molecule has 5 heteroatoms. The summed E-state index contributed by atoms with van der Waals surface area (Å²) >= 11 is 0. The maximum absolute atomic E-state index is 12.5. The maximum Gasteiger partial charge on any atom is 0.274 e. The highest BCUT2D eigenvalue weighted by molar-refractivity contribution is 5.98. The molecule has 0 saturated heterocycles. The molecule has 1 heterocycles. The minimum Gasteiger partial charge on any atom is -0.348 e. The molecule has 1 fully saturated rings. The summed E-state index contributed by atoms with van der Waals surface area (Å²) in [4.78, 5) is 12.5. The third kappa shape index (κ3) is 2.96. The number of aromatic amines is 1. The van der Waals surface area contributed by atoms with E-state index in [-0.39, 0.29) is 11.9 Å². The van der Waals surface area contributed by atoms with Crippen molar-refractivity contribution in [1.29, 1.82) is 0 Å². The number of carbonyl (C=O) groups is 1. The van der Waals surface area contributed by atoms with Crippen LogP contribution in [0, 0.1) is 5.92 Å². The Morgan fingerprint density at radius 2 is 1.95 bits per heavy atom. The van der Waals surface area contributed by atoms with Gasteiger partial charge in [0.1, 0.15) is 5.69 Å². The van der Waals surface area contributed by atoms with E-state index >= 15 is 0 Å². The Bertz CT molecular complexity index is 608. The number of aromatic nitrogens is 3. The van der Waals surface area contributed by atoms with E-state index in [1.54, 1.807) is 0 Å². The van der Waals surface area contributed by atoms with Crippen molar-refractivity contribution in [2.24, 2.45) is 5.92 Å². The molecule has 21 heavy (non-hydrogen) atoms. The summed E-state index contributed by atoms with van der Waals surface area (Å²) in [6.07, 6.45) is 4.66. The Morgan fingerprint density at radius 3 is 2.71 bits per heavy atom. The van der Waals surface area contributed by atoms with Crippen molar-refractivity contribution in [3.05, 3.63) is 36.0 Å². The van der Waals surface area contributed by atoms with Crippen molar-refractivity contribution >= 4 is 5.91 Å². The molecule has 1 aromatic heterocycles. The average molecular weight is 284 g/mol. The SMILES string of the molecule is C[C@H]1CCCC[C@H]1NC(=O)c1n[nH]nc1-c1ccccc1. The predicted octanol–water partition coefficient (Wildman–Crippen LogP) is 2.78. The lowest BCUT2D eigenvalue weighted by atomic mass is 9.86. The number of nitrogens with zero attached hydrogens (tertiary/aromatic N) is 2. The summed E-state index contributed by atoms with van der Waals surface area (Å²) in [6.45, 7) is 2.20. The molecule has 1 saturated carbocycles. The topological polar surface area (TPSA) is 70.7 Å². The van der Waals surface area contributed by atoms with Gasteiger partial charge in [-0.3, -0.25) is 4.79 Å². The van der Waals surface area contributed by atoms with E-state index in [0.717, 1.165) is 12.0 Å². The molecule has 2 atom stereocenters. The molecule has 1 aromatic carbocycles. The zero-order valence-electron chi connectivity index (χ0n) is 12.2. The molecular formula is C16H20N4O. The smallest absolute Gasteiger partial charge is 0.274 e. The zero-order chi connectivity index (χ0) is 14.7. The molecule has 2 N–H and O–H groups in total. The van der Waals surface area contributed by atoms with Crippen molar-refractivity contribution in [2.75, 3.05) is 0 Å². The van der Waals surface area contributed by atoms with Crippen LogP contribution in [0.2, 0.25) is 0 Å². The minimum absolute atomic E-state index is 0.138. The Kier molecular flexibility index (Phi) is 3.99. The van der Waals surface area contributed by atoms with E-state index in [4.69, 9.17) is 0 Å². The van der Waals surface area contributed by atoms with Gasteiger partial charge in [0.15, 0.2) is 5.69 Å². The third-order valence-corrected chi connectivity index (χ3v) is 4.24. The van der Waals surface area contributed by atoms with Gasteiger partial charge in [-0.25, -0.2) is 0 Å². The standard InChI is InChI=1S/C16H20N4O/c1-11-7-5-6-10-13(11)17-16(21)15-14(18-20-19-15)12-8-3-2-4-9-12/h2-4,8-9,11,13H,5-7,10H2,1H3,(H,17,21)(H,18,19,20)/t11-,13+/m0/s1. The number of hydrogen-bond donors (Lipinski definition) is 2. The first-order valence-corrected chi connectivity index (χ1v) is 7.53. The van der Waals surface area contributed by atoms with E-state index in [1.165, 1.54) is 19.3 Å². The van der Waals surface area contributed by atoms with Crippen molar-refractivity contribution in [3.8, 4) is 11.3 Å². The van der Waals surface area contributed by atoms with Crippen molar-refractivity contribution in [1.82, 2.24) is 20.7 Å². The van der Waals surface area contributed by atoms with Crippen molar-refractivity contribution < 1.29 is 4.79 Å². The first-order chi connectivity index (χ1) is 10.3. The Labute approximate surface area is 124 Å². The predicted molar refractivity (Wildman–Crippen MR) is 80.7 cm³/mol. The van der Waals surface area contributed by atoms with Gasteiger partial charge in [-0.2, -0.15) is 15.4 Å². The number of rotatable bonds is 3. The van der Waals surface area contributed by atoms with Crippen LogP contribution in [0.25, 0.3) is 11.3 Å². The fraction of sp³-hybridized carbons (Fsp3) is 0.438. The van der Waals surface area contributed by atoms with Gasteiger partial charge in [0.05, 0.1) is 0 Å². The summed E-state index contributed by atoms with van der Waals surface area (Å²) < 4.78 is 0. The van der Waals surface area contributed by atoms with Gasteiger partial charge in [0.2, 0.25) is 0 Å². The second-order valence-electron chi connectivity index (χ2n) is 5.73. The van der Waals surface area contributed by atoms with E-state index in [1.807, 2.05) is 30.3 Å². The van der Waals surface area contributed by atoms with Crippen LogP contribution in [0.15, 0.2) is 30.3 Å². The number of nitrogens with one attached hydrogen (secondary N) is 2. The van der Waals surface area contributed by atoms with E-state index in [0.29, 0.717) is 17.3 Å². The first-order valence-electron chi connectivity index (χ1n) is 7.53. The van der Waals surface area contributed by atoms with Gasteiger partial charge in [-0.1, -0.05) is 50.1 Å². The van der Waals surface area contributed by atoms with Crippen LogP contribution in [-0.2, 0) is 0 Å². The van der Waals surface area contributed by atoms with Crippen LogP contribution in [0.4, 0.5) is 0 Å². The summed E-state index contributed by atoms with van der Waals surface area (Å²) in [5.41, 5.74) is 1.88. The van der Waals surface area contributed by atoms with Crippen LogP contribution in [-0.4, -0.2) is 27.4 Å². The second kappa shape index (κ2) is 6.08. The fourth-order valence-electron chi connectivity index (χ4n) is 2.95. The summed E-state index contributed by atoms with van der Waals surface area (Å²) in [5, 5.41) is 13.8. The molecule has 0 bridgehead atoms. The Hall–Kier alpha value is -2.17. The number of carbonyl (C=O) groups excluding carboxylic acids is 1. The van der Waals surface area contributed by atoms with E-state index in [2.05, 4.69) is 27.7 Å². The van der Waals surface area contributed by atoms with Crippen LogP contribution in [0.3, 0.4) is 0 Å². The highest BCUT2D eigenvalue weighted by Gasteiger charge is 2.25. The molecule has 0 unspecified atom stereocenters. The van der Waals surface area contributed by atoms with Gasteiger partial charge in [0, 0.05) is 11.6 Å². The van der Waals surface area contributed by atoms with Gasteiger partial charge < -0.3 is 5.32 Å². The van der Waals surface area contributed by atoms with Gasteiger partial charge >= 0.3 is 0 Å². The molecule has 2 aromatic rings. The van der Waals surface area contributed by atoms with E-state index in [9.17, 15) is 4.79 Å². The Balaban J connectivity index is 1.78. The first kappa shape index (κ1) is 13.8. The normalized spacial score (nSPS) is 22.0. The average Bonchev–Trinajstić information content (AvgIpc) is 3.00. The van der Waals surface area contributed by atoms with Gasteiger partial charge in [-0.15, -0.1) is 0 Å². The molecular weight excluding hydrogens is 264 g/mol. The van der Waals surface area contributed by atoms with Crippen LogP contribution in [0.5, 0.6) is 0 Å². The summed E-state index contributed by atoms with van der Waals surface area (Å²) in [6, 6.07) is 9.89. The third-order valence-electron chi connectivity index (χ3n) is 4.24. The molecule has 1 aliphatic carbocycles. The monoisotopic (exact) mass is 284 g/mol. The molecule has 1 aliphatic rings. The largest absolute Gasteiger partial charge is 0.348 e. The van der Waals surface area contributed by atoms with Crippen molar-refractivity contribution in [3.63, 3.8) is 0 Å². The number of hydrogen-bond acceptors (Lipinski definition) is 3.